The van der Waals surface area contributed by atoms with Crippen LogP contribution in [0.4, 0.5) is 18.0 Å². The van der Waals surface area contributed by atoms with Crippen molar-refractivity contribution in [2.45, 2.75) is 17.9 Å². The number of ketones is 1. The van der Waals surface area contributed by atoms with E-state index in [0.717, 1.165) is 11.9 Å². The molecule has 1 fully saturated rings. The lowest BCUT2D eigenvalue weighted by Gasteiger charge is -2.53. The van der Waals surface area contributed by atoms with Gasteiger partial charge in [0.25, 0.3) is 5.72 Å². The lowest BCUT2D eigenvalue weighted by atomic mass is 9.75. The minimum atomic E-state index is -5.33. The van der Waals surface area contributed by atoms with Gasteiger partial charge in [0.2, 0.25) is 0 Å². The zero-order valence-electron chi connectivity index (χ0n) is 17.9. The van der Waals surface area contributed by atoms with Crippen LogP contribution >= 0.6 is 0 Å². The molecular weight excluding hydrogens is 429 g/mol. The normalized spacial score (nSPS) is 23.8. The fourth-order valence-electron chi connectivity index (χ4n) is 4.08. The number of nitrogens with zero attached hydrogens (tertiary/aromatic N) is 2. The summed E-state index contributed by atoms with van der Waals surface area (Å²) in [6, 6.07) is 9.07. The number of aliphatic hydroxyl groups is 1. The van der Waals surface area contributed by atoms with Gasteiger partial charge in [-0.3, -0.25) is 9.69 Å². The van der Waals surface area contributed by atoms with Gasteiger partial charge in [0.05, 0.1) is 20.3 Å². The van der Waals surface area contributed by atoms with Crippen molar-refractivity contribution in [3.05, 3.63) is 59.7 Å². The van der Waals surface area contributed by atoms with E-state index in [4.69, 9.17) is 9.47 Å². The number of halogens is 3. The van der Waals surface area contributed by atoms with Crippen LogP contribution < -0.4 is 9.47 Å². The Morgan fingerprint density at radius 3 is 2.22 bits per heavy atom. The highest BCUT2D eigenvalue weighted by Gasteiger charge is 2.70. The molecule has 2 aromatic carbocycles. The first kappa shape index (κ1) is 23.4. The summed E-state index contributed by atoms with van der Waals surface area (Å²) in [7, 11) is 4.80. The molecule has 1 aliphatic rings. The number of hydrogen-bond donors (Lipinski definition) is 1. The van der Waals surface area contributed by atoms with Crippen LogP contribution in [0, 0.1) is 5.92 Å². The molecule has 1 saturated heterocycles. The number of hydrogen-bond acceptors (Lipinski definition) is 5. The summed E-state index contributed by atoms with van der Waals surface area (Å²) >= 11 is 0. The number of carbonyl (C=O) groups excluding carboxylic acids is 2. The first-order valence-electron chi connectivity index (χ1n) is 9.60. The van der Waals surface area contributed by atoms with Crippen molar-refractivity contribution in [1.82, 2.24) is 9.80 Å². The number of alkyl halides is 3. The van der Waals surface area contributed by atoms with Gasteiger partial charge in [-0.05, 0) is 12.1 Å². The molecule has 0 bridgehead atoms. The number of benzene rings is 2. The van der Waals surface area contributed by atoms with E-state index in [2.05, 4.69) is 0 Å². The second kappa shape index (κ2) is 8.34. The van der Waals surface area contributed by atoms with E-state index in [1.54, 1.807) is 6.07 Å². The predicted octanol–water partition coefficient (Wildman–Crippen LogP) is 3.49. The third-order valence-corrected chi connectivity index (χ3v) is 5.78. The fraction of sp³-hybridized carbons (Fsp3) is 0.364. The van der Waals surface area contributed by atoms with Crippen molar-refractivity contribution < 1.29 is 37.3 Å². The number of ether oxygens (including phenoxy) is 2. The number of methoxy groups -OCH3 is 2. The third kappa shape index (κ3) is 3.54. The summed E-state index contributed by atoms with van der Waals surface area (Å²) < 4.78 is 53.5. The van der Waals surface area contributed by atoms with Crippen molar-refractivity contribution in [3.8, 4) is 11.5 Å². The minimum absolute atomic E-state index is 0.0335. The Morgan fingerprint density at radius 2 is 1.69 bits per heavy atom. The van der Waals surface area contributed by atoms with Gasteiger partial charge in [-0.1, -0.05) is 30.3 Å². The minimum Gasteiger partial charge on any atom is -0.497 e. The molecule has 1 aliphatic heterocycles. The first-order valence-corrected chi connectivity index (χ1v) is 9.60. The Hall–Kier alpha value is -3.27. The molecule has 7 nitrogen and oxygen atoms in total. The molecule has 3 unspecified atom stereocenters. The Labute approximate surface area is 182 Å². The predicted molar refractivity (Wildman–Crippen MR) is 108 cm³/mol. The van der Waals surface area contributed by atoms with Crippen molar-refractivity contribution in [2.75, 3.05) is 28.3 Å². The highest BCUT2D eigenvalue weighted by molar-refractivity contribution is 6.00. The first-order chi connectivity index (χ1) is 15.0. The van der Waals surface area contributed by atoms with Crippen LogP contribution in [0.1, 0.15) is 22.0 Å². The number of urea groups is 1. The van der Waals surface area contributed by atoms with E-state index in [-0.39, 0.29) is 21.8 Å². The Bertz CT molecular complexity index is 1010. The van der Waals surface area contributed by atoms with Gasteiger partial charge in [-0.15, -0.1) is 0 Å². The van der Waals surface area contributed by atoms with Crippen LogP contribution in [0.25, 0.3) is 0 Å². The van der Waals surface area contributed by atoms with Gasteiger partial charge < -0.3 is 19.5 Å². The molecule has 0 aromatic heterocycles. The average molecular weight is 452 g/mol. The van der Waals surface area contributed by atoms with Crippen LogP contribution in [0.5, 0.6) is 11.5 Å². The molecule has 32 heavy (non-hydrogen) atoms. The van der Waals surface area contributed by atoms with E-state index < -0.39 is 35.7 Å². The van der Waals surface area contributed by atoms with Crippen LogP contribution in [0.2, 0.25) is 0 Å². The molecule has 0 spiro atoms. The van der Waals surface area contributed by atoms with Crippen LogP contribution in [-0.2, 0) is 0 Å². The van der Waals surface area contributed by atoms with Crippen LogP contribution in [0.15, 0.2) is 48.5 Å². The highest BCUT2D eigenvalue weighted by atomic mass is 19.4. The summed E-state index contributed by atoms with van der Waals surface area (Å²) in [6.45, 7) is 0. The molecule has 3 atom stereocenters. The molecule has 2 aromatic rings. The van der Waals surface area contributed by atoms with E-state index in [0.29, 0.717) is 5.75 Å². The van der Waals surface area contributed by atoms with Crippen LogP contribution in [-0.4, -0.2) is 66.9 Å². The number of carbonyl (C=O) groups is 2. The molecule has 10 heteroatoms. The lowest BCUT2D eigenvalue weighted by Crippen LogP contribution is -2.73. The summed E-state index contributed by atoms with van der Waals surface area (Å²) in [6.07, 6.45) is -5.33. The van der Waals surface area contributed by atoms with E-state index >= 15 is 0 Å². The van der Waals surface area contributed by atoms with Gasteiger partial charge in [-0.2, -0.15) is 13.2 Å². The van der Waals surface area contributed by atoms with Crippen molar-refractivity contribution in [2.24, 2.45) is 5.92 Å². The maximum Gasteiger partial charge on any atom is 0.437 e. The molecule has 172 valence electrons. The lowest BCUT2D eigenvalue weighted by molar-refractivity contribution is -0.328. The van der Waals surface area contributed by atoms with Gasteiger partial charge in [0.1, 0.15) is 17.4 Å². The number of Topliss-reactive ketones (excluding diaryl/α,β-unsaturated/α-hetero) is 1. The Kier molecular flexibility index (Phi) is 6.10. The highest BCUT2D eigenvalue weighted by Crippen LogP contribution is 2.51. The smallest absolute Gasteiger partial charge is 0.437 e. The Morgan fingerprint density at radius 1 is 1.06 bits per heavy atom. The summed E-state index contributed by atoms with van der Waals surface area (Å²) in [5.74, 6) is -2.61. The summed E-state index contributed by atoms with van der Waals surface area (Å²) in [5, 5.41) is 11.0. The topological polar surface area (TPSA) is 79.3 Å². The fourth-order valence-corrected chi connectivity index (χ4v) is 4.08. The van der Waals surface area contributed by atoms with Crippen molar-refractivity contribution >= 4 is 11.8 Å². The monoisotopic (exact) mass is 452 g/mol. The van der Waals surface area contributed by atoms with E-state index in [1.165, 1.54) is 63.7 Å². The van der Waals surface area contributed by atoms with E-state index in [1.807, 2.05) is 0 Å². The average Bonchev–Trinajstić information content (AvgIpc) is 2.78. The SMILES string of the molecule is COc1ccc(C2C(C(=O)c3ccccc3)C(O)(C(F)(F)F)N(C)C(=O)N2C)c(OC)c1. The largest absolute Gasteiger partial charge is 0.497 e. The summed E-state index contributed by atoms with van der Waals surface area (Å²) in [5.41, 5.74) is -3.68. The molecule has 1 N–H and O–H groups in total. The van der Waals surface area contributed by atoms with Crippen molar-refractivity contribution in [1.29, 1.82) is 0 Å². The molecule has 0 saturated carbocycles. The summed E-state index contributed by atoms with van der Waals surface area (Å²) in [4.78, 5) is 27.4. The molecule has 3 rings (SSSR count). The molecule has 1 heterocycles. The van der Waals surface area contributed by atoms with Gasteiger partial charge in [0, 0.05) is 31.3 Å². The molecular formula is C22H23F3N2O5. The third-order valence-electron chi connectivity index (χ3n) is 5.78. The van der Waals surface area contributed by atoms with Crippen molar-refractivity contribution in [3.63, 3.8) is 0 Å². The molecule has 0 aliphatic carbocycles. The molecule has 2 amide bonds. The van der Waals surface area contributed by atoms with Gasteiger partial charge >= 0.3 is 12.2 Å². The van der Waals surface area contributed by atoms with Crippen LogP contribution in [0.3, 0.4) is 0 Å². The van der Waals surface area contributed by atoms with Gasteiger partial charge in [0.15, 0.2) is 5.78 Å². The second-order valence-corrected chi connectivity index (χ2v) is 7.44. The van der Waals surface area contributed by atoms with E-state index in [9.17, 15) is 27.9 Å². The number of amides is 2. The quantitative estimate of drug-likeness (QED) is 0.703. The molecule has 0 radical (unpaired) electrons. The maximum atomic E-state index is 14.3. The Balaban J connectivity index is 2.31. The van der Waals surface area contributed by atoms with Gasteiger partial charge in [-0.25, -0.2) is 4.79 Å². The number of rotatable bonds is 5. The maximum absolute atomic E-state index is 14.3. The zero-order valence-corrected chi connectivity index (χ0v) is 17.9. The second-order valence-electron chi connectivity index (χ2n) is 7.44. The zero-order chi connectivity index (χ0) is 23.8. The standard InChI is InChI=1S/C22H23F3N2O5/c1-26-18(15-11-10-14(31-3)12-16(15)32-4)17(19(28)13-8-6-5-7-9-13)21(30,22(23,24)25)27(2)20(26)29/h5-12,17-18,30H,1-4H3.